The van der Waals surface area contributed by atoms with Crippen LogP contribution in [0.4, 0.5) is 0 Å². The van der Waals surface area contributed by atoms with E-state index in [1.807, 2.05) is 37.4 Å². The van der Waals surface area contributed by atoms with Gasteiger partial charge in [-0.3, -0.25) is 0 Å². The topological polar surface area (TPSA) is 34.4 Å². The SMILES string of the molecule is CCOc1ccccc1-n1ccc2c1CC(C)(C)CC2O. The Labute approximate surface area is 126 Å². The quantitative estimate of drug-likeness (QED) is 0.928. The van der Waals surface area contributed by atoms with Crippen LogP contribution in [0.1, 0.15) is 44.6 Å². The summed E-state index contributed by atoms with van der Waals surface area (Å²) in [5, 5.41) is 10.4. The van der Waals surface area contributed by atoms with Crippen molar-refractivity contribution in [2.45, 2.75) is 39.7 Å². The lowest BCUT2D eigenvalue weighted by Crippen LogP contribution is -2.26. The third-order valence-electron chi connectivity index (χ3n) is 4.20. The number of para-hydroxylation sites is 2. The average molecular weight is 285 g/mol. The Bertz CT molecular complexity index is 642. The summed E-state index contributed by atoms with van der Waals surface area (Å²) in [6.07, 6.45) is 3.46. The highest BCUT2D eigenvalue weighted by Crippen LogP contribution is 2.42. The smallest absolute Gasteiger partial charge is 0.143 e. The maximum Gasteiger partial charge on any atom is 0.143 e. The van der Waals surface area contributed by atoms with Crippen molar-refractivity contribution >= 4 is 0 Å². The molecule has 3 heteroatoms. The number of hydrogen-bond donors (Lipinski definition) is 1. The van der Waals surface area contributed by atoms with Crippen molar-refractivity contribution in [1.82, 2.24) is 4.57 Å². The maximum atomic E-state index is 10.4. The molecule has 21 heavy (non-hydrogen) atoms. The van der Waals surface area contributed by atoms with Crippen molar-refractivity contribution < 1.29 is 9.84 Å². The molecule has 0 bridgehead atoms. The Balaban J connectivity index is 2.10. The van der Waals surface area contributed by atoms with E-state index in [0.717, 1.165) is 29.8 Å². The molecular weight excluding hydrogens is 262 g/mol. The molecule has 1 aliphatic rings. The molecule has 0 saturated heterocycles. The number of fused-ring (bicyclic) bond motifs is 1. The third kappa shape index (κ3) is 2.58. The van der Waals surface area contributed by atoms with Gasteiger partial charge in [-0.1, -0.05) is 26.0 Å². The third-order valence-corrected chi connectivity index (χ3v) is 4.20. The van der Waals surface area contributed by atoms with Gasteiger partial charge in [-0.05, 0) is 43.4 Å². The van der Waals surface area contributed by atoms with E-state index in [1.54, 1.807) is 0 Å². The maximum absolute atomic E-state index is 10.4. The highest BCUT2D eigenvalue weighted by molar-refractivity contribution is 5.50. The van der Waals surface area contributed by atoms with E-state index in [1.165, 1.54) is 5.69 Å². The summed E-state index contributed by atoms with van der Waals surface area (Å²) in [5.41, 5.74) is 3.42. The first-order chi connectivity index (χ1) is 10.0. The van der Waals surface area contributed by atoms with Crippen LogP contribution in [0.2, 0.25) is 0 Å². The number of aromatic nitrogens is 1. The van der Waals surface area contributed by atoms with E-state index in [0.29, 0.717) is 6.61 Å². The van der Waals surface area contributed by atoms with Gasteiger partial charge in [0.15, 0.2) is 0 Å². The van der Waals surface area contributed by atoms with Crippen LogP contribution in [-0.2, 0) is 6.42 Å². The van der Waals surface area contributed by atoms with E-state index >= 15 is 0 Å². The molecule has 0 fully saturated rings. The van der Waals surface area contributed by atoms with Gasteiger partial charge in [-0.15, -0.1) is 0 Å². The van der Waals surface area contributed by atoms with Crippen LogP contribution in [0, 0.1) is 5.41 Å². The predicted molar refractivity (Wildman–Crippen MR) is 84.0 cm³/mol. The highest BCUT2D eigenvalue weighted by atomic mass is 16.5. The lowest BCUT2D eigenvalue weighted by molar-refractivity contribution is 0.0986. The van der Waals surface area contributed by atoms with E-state index < -0.39 is 0 Å². The van der Waals surface area contributed by atoms with Gasteiger partial charge in [-0.25, -0.2) is 0 Å². The summed E-state index contributed by atoms with van der Waals surface area (Å²) in [5.74, 6) is 0.885. The largest absolute Gasteiger partial charge is 0.492 e. The zero-order chi connectivity index (χ0) is 15.0. The average Bonchev–Trinajstić information content (AvgIpc) is 2.82. The first kappa shape index (κ1) is 14.2. The number of aliphatic hydroxyl groups is 1. The standard InChI is InChI=1S/C18H23NO2/c1-4-21-17-8-6-5-7-14(17)19-10-9-13-15(19)11-18(2,3)12-16(13)20/h5-10,16,20H,4,11-12H2,1-3H3. The summed E-state index contributed by atoms with van der Waals surface area (Å²) < 4.78 is 7.92. The fourth-order valence-electron chi connectivity index (χ4n) is 3.29. The fraction of sp³-hybridized carbons (Fsp3) is 0.444. The Morgan fingerprint density at radius 3 is 2.81 bits per heavy atom. The molecule has 2 aromatic rings. The lowest BCUT2D eigenvalue weighted by atomic mass is 9.75. The summed E-state index contributed by atoms with van der Waals surface area (Å²) >= 11 is 0. The molecule has 3 nitrogen and oxygen atoms in total. The van der Waals surface area contributed by atoms with Gasteiger partial charge in [0.05, 0.1) is 18.4 Å². The van der Waals surface area contributed by atoms with Gasteiger partial charge >= 0.3 is 0 Å². The van der Waals surface area contributed by atoms with E-state index in [4.69, 9.17) is 4.74 Å². The first-order valence-electron chi connectivity index (χ1n) is 7.62. The number of nitrogens with zero attached hydrogens (tertiary/aromatic N) is 1. The molecule has 0 saturated carbocycles. The zero-order valence-electron chi connectivity index (χ0n) is 13.0. The van der Waals surface area contributed by atoms with E-state index in [-0.39, 0.29) is 11.5 Å². The van der Waals surface area contributed by atoms with Crippen LogP contribution in [0.5, 0.6) is 5.75 Å². The predicted octanol–water partition coefficient (Wildman–Crippen LogP) is 3.88. The Morgan fingerprint density at radius 1 is 1.29 bits per heavy atom. The van der Waals surface area contributed by atoms with Crippen molar-refractivity contribution in [3.05, 3.63) is 47.8 Å². The minimum atomic E-state index is -0.371. The monoisotopic (exact) mass is 285 g/mol. The Hall–Kier alpha value is -1.74. The number of rotatable bonds is 3. The Kier molecular flexibility index (Phi) is 3.54. The van der Waals surface area contributed by atoms with Crippen molar-refractivity contribution in [2.75, 3.05) is 6.61 Å². The zero-order valence-corrected chi connectivity index (χ0v) is 13.0. The molecule has 0 spiro atoms. The molecule has 0 amide bonds. The summed E-state index contributed by atoms with van der Waals surface area (Å²) in [7, 11) is 0. The minimum Gasteiger partial charge on any atom is -0.492 e. The van der Waals surface area contributed by atoms with Gasteiger partial charge in [-0.2, -0.15) is 0 Å². The molecule has 1 aliphatic carbocycles. The number of hydrogen-bond acceptors (Lipinski definition) is 2. The van der Waals surface area contributed by atoms with Crippen molar-refractivity contribution in [2.24, 2.45) is 5.41 Å². The molecular formula is C18H23NO2. The van der Waals surface area contributed by atoms with Gasteiger partial charge in [0, 0.05) is 17.5 Å². The second-order valence-corrected chi connectivity index (χ2v) is 6.55. The molecule has 1 aromatic carbocycles. The van der Waals surface area contributed by atoms with Crippen LogP contribution in [0.25, 0.3) is 5.69 Å². The molecule has 1 N–H and O–H groups in total. The molecule has 1 atom stereocenters. The van der Waals surface area contributed by atoms with Crippen LogP contribution in [0.3, 0.4) is 0 Å². The second kappa shape index (κ2) is 5.23. The number of ether oxygens (including phenoxy) is 1. The normalized spacial score (nSPS) is 20.1. The Morgan fingerprint density at radius 2 is 2.05 bits per heavy atom. The van der Waals surface area contributed by atoms with Crippen LogP contribution in [-0.4, -0.2) is 16.3 Å². The minimum absolute atomic E-state index is 0.114. The van der Waals surface area contributed by atoms with Crippen LogP contribution in [0.15, 0.2) is 36.5 Å². The van der Waals surface area contributed by atoms with E-state index in [2.05, 4.69) is 24.5 Å². The highest BCUT2D eigenvalue weighted by Gasteiger charge is 2.33. The number of aliphatic hydroxyl groups excluding tert-OH is 1. The van der Waals surface area contributed by atoms with Crippen LogP contribution >= 0.6 is 0 Å². The lowest BCUT2D eigenvalue weighted by Gasteiger charge is -2.34. The van der Waals surface area contributed by atoms with Gasteiger partial charge in [0.25, 0.3) is 0 Å². The summed E-state index contributed by atoms with van der Waals surface area (Å²) in [6.45, 7) is 7.07. The molecule has 112 valence electrons. The molecule has 3 rings (SSSR count). The molecule has 0 aliphatic heterocycles. The van der Waals surface area contributed by atoms with Gasteiger partial charge < -0.3 is 14.4 Å². The molecule has 0 radical (unpaired) electrons. The number of benzene rings is 1. The second-order valence-electron chi connectivity index (χ2n) is 6.55. The summed E-state index contributed by atoms with van der Waals surface area (Å²) in [4.78, 5) is 0. The van der Waals surface area contributed by atoms with Gasteiger partial charge in [0.2, 0.25) is 0 Å². The van der Waals surface area contributed by atoms with Crippen molar-refractivity contribution in [3.63, 3.8) is 0 Å². The summed E-state index contributed by atoms with van der Waals surface area (Å²) in [6, 6.07) is 10.1. The molecule has 1 heterocycles. The van der Waals surface area contributed by atoms with Crippen molar-refractivity contribution in [3.8, 4) is 11.4 Å². The van der Waals surface area contributed by atoms with Gasteiger partial charge in [0.1, 0.15) is 5.75 Å². The van der Waals surface area contributed by atoms with E-state index in [9.17, 15) is 5.11 Å². The molecule has 1 aromatic heterocycles. The van der Waals surface area contributed by atoms with Crippen molar-refractivity contribution in [1.29, 1.82) is 0 Å². The molecule has 1 unspecified atom stereocenters. The fourth-order valence-corrected chi connectivity index (χ4v) is 3.29. The van der Waals surface area contributed by atoms with Crippen LogP contribution < -0.4 is 4.74 Å². The first-order valence-corrected chi connectivity index (χ1v) is 7.62.